The van der Waals surface area contributed by atoms with Crippen LogP contribution >= 0.6 is 0 Å². The average Bonchev–Trinajstić information content (AvgIpc) is 2.75. The Morgan fingerprint density at radius 3 is 2.57 bits per heavy atom. The van der Waals surface area contributed by atoms with Crippen LogP contribution in [0.3, 0.4) is 0 Å². The van der Waals surface area contributed by atoms with Gasteiger partial charge in [-0.05, 0) is 82.0 Å². The number of hydrogen-bond acceptors (Lipinski definition) is 4. The molecule has 1 heterocycles. The molecule has 2 fully saturated rings. The van der Waals surface area contributed by atoms with E-state index < -0.39 is 0 Å². The van der Waals surface area contributed by atoms with E-state index in [0.29, 0.717) is 25.3 Å². The molecule has 1 aliphatic carbocycles. The number of piperazine rings is 1. The summed E-state index contributed by atoms with van der Waals surface area (Å²) in [5.41, 5.74) is 4.12. The SMILES string of the molecule is Cc1ccc(C)c(N2CCN(CC[C@H]3CC[C@H](NC(=O)CCCC#N)CC3)CC2)c1. The van der Waals surface area contributed by atoms with Crippen LogP contribution in [0.5, 0.6) is 0 Å². The van der Waals surface area contributed by atoms with Crippen molar-refractivity contribution in [1.82, 2.24) is 10.2 Å². The van der Waals surface area contributed by atoms with Crippen LogP contribution in [0, 0.1) is 31.1 Å². The van der Waals surface area contributed by atoms with Gasteiger partial charge in [0.25, 0.3) is 0 Å². The number of benzene rings is 1. The molecule has 1 amide bonds. The lowest BCUT2D eigenvalue weighted by Gasteiger charge is -2.38. The number of carbonyl (C=O) groups excluding carboxylic acids is 1. The van der Waals surface area contributed by atoms with E-state index in [1.54, 1.807) is 0 Å². The number of aryl methyl sites for hydroxylation is 2. The molecule has 5 nitrogen and oxygen atoms in total. The van der Waals surface area contributed by atoms with Gasteiger partial charge in [0.2, 0.25) is 5.91 Å². The van der Waals surface area contributed by atoms with Crippen molar-refractivity contribution in [3.63, 3.8) is 0 Å². The average molecular weight is 411 g/mol. The lowest BCUT2D eigenvalue weighted by atomic mass is 9.84. The Labute approximate surface area is 182 Å². The zero-order valence-electron chi connectivity index (χ0n) is 18.8. The Balaban J connectivity index is 1.32. The number of carbonyl (C=O) groups is 1. The van der Waals surface area contributed by atoms with Crippen LogP contribution in [0.2, 0.25) is 0 Å². The van der Waals surface area contributed by atoms with E-state index in [2.05, 4.69) is 53.2 Å². The molecule has 3 rings (SSSR count). The molecule has 0 aromatic heterocycles. The van der Waals surface area contributed by atoms with Crippen LogP contribution in [0.4, 0.5) is 5.69 Å². The zero-order valence-corrected chi connectivity index (χ0v) is 18.8. The maximum Gasteiger partial charge on any atom is 0.220 e. The van der Waals surface area contributed by atoms with Crippen molar-refractivity contribution < 1.29 is 4.79 Å². The number of nitrogens with one attached hydrogen (secondary N) is 1. The molecule has 1 N–H and O–H groups in total. The van der Waals surface area contributed by atoms with Crippen molar-refractivity contribution >= 4 is 11.6 Å². The number of amides is 1. The van der Waals surface area contributed by atoms with Gasteiger partial charge in [-0.3, -0.25) is 9.69 Å². The topological polar surface area (TPSA) is 59.4 Å². The van der Waals surface area contributed by atoms with Crippen molar-refractivity contribution in [2.45, 2.75) is 71.3 Å². The van der Waals surface area contributed by atoms with Gasteiger partial charge < -0.3 is 10.2 Å². The number of rotatable bonds is 8. The molecule has 0 unspecified atom stereocenters. The van der Waals surface area contributed by atoms with Crippen molar-refractivity contribution in [3.8, 4) is 6.07 Å². The molecule has 1 aromatic carbocycles. The van der Waals surface area contributed by atoms with Gasteiger partial charge in [-0.25, -0.2) is 0 Å². The van der Waals surface area contributed by atoms with Crippen LogP contribution in [0.1, 0.15) is 62.5 Å². The fourth-order valence-electron chi connectivity index (χ4n) is 4.86. The molecule has 30 heavy (non-hydrogen) atoms. The Morgan fingerprint density at radius 1 is 1.13 bits per heavy atom. The molecule has 1 aliphatic heterocycles. The Bertz CT molecular complexity index is 725. The standard InChI is InChI=1S/C25H38N4O/c1-20-6-7-21(2)24(19-20)29-17-15-28(16-18-29)14-12-22-8-10-23(11-9-22)27-25(30)5-3-4-13-26/h6-7,19,22-23H,3-5,8-12,14-18H2,1-2H3,(H,27,30)/t22-,23-. The minimum Gasteiger partial charge on any atom is -0.369 e. The van der Waals surface area contributed by atoms with E-state index >= 15 is 0 Å². The highest BCUT2D eigenvalue weighted by Crippen LogP contribution is 2.28. The molecule has 1 saturated carbocycles. The summed E-state index contributed by atoms with van der Waals surface area (Å²) in [5.74, 6) is 0.921. The highest BCUT2D eigenvalue weighted by Gasteiger charge is 2.24. The van der Waals surface area contributed by atoms with Gasteiger partial charge in [-0.1, -0.05) is 12.1 Å². The van der Waals surface area contributed by atoms with Crippen LogP contribution in [-0.2, 0) is 4.79 Å². The van der Waals surface area contributed by atoms with E-state index in [0.717, 1.165) is 44.9 Å². The molecule has 2 aliphatic rings. The number of unbranched alkanes of at least 4 members (excludes halogenated alkanes) is 1. The summed E-state index contributed by atoms with van der Waals surface area (Å²) >= 11 is 0. The summed E-state index contributed by atoms with van der Waals surface area (Å²) in [6.07, 6.45) is 7.59. The summed E-state index contributed by atoms with van der Waals surface area (Å²) in [6, 6.07) is 9.21. The first-order valence-corrected chi connectivity index (χ1v) is 11.8. The lowest BCUT2D eigenvalue weighted by molar-refractivity contribution is -0.122. The van der Waals surface area contributed by atoms with Gasteiger partial charge in [-0.15, -0.1) is 0 Å². The molecule has 0 radical (unpaired) electrons. The number of anilines is 1. The van der Waals surface area contributed by atoms with Crippen LogP contribution < -0.4 is 10.2 Å². The zero-order chi connectivity index (χ0) is 21.3. The van der Waals surface area contributed by atoms with E-state index in [4.69, 9.17) is 5.26 Å². The van der Waals surface area contributed by atoms with E-state index in [1.165, 1.54) is 42.6 Å². The highest BCUT2D eigenvalue weighted by molar-refractivity contribution is 5.76. The summed E-state index contributed by atoms with van der Waals surface area (Å²) in [5, 5.41) is 11.7. The number of hydrogen-bond donors (Lipinski definition) is 1. The van der Waals surface area contributed by atoms with Gasteiger partial charge in [-0.2, -0.15) is 5.26 Å². The van der Waals surface area contributed by atoms with Crippen molar-refractivity contribution in [3.05, 3.63) is 29.3 Å². The molecule has 164 valence electrons. The molecule has 0 bridgehead atoms. The monoisotopic (exact) mass is 410 g/mol. The van der Waals surface area contributed by atoms with Crippen molar-refractivity contribution in [2.75, 3.05) is 37.6 Å². The van der Waals surface area contributed by atoms with Crippen LogP contribution in [-0.4, -0.2) is 49.6 Å². The van der Waals surface area contributed by atoms with Crippen LogP contribution in [0.25, 0.3) is 0 Å². The predicted molar refractivity (Wildman–Crippen MR) is 123 cm³/mol. The summed E-state index contributed by atoms with van der Waals surface area (Å²) in [4.78, 5) is 17.1. The first-order valence-electron chi connectivity index (χ1n) is 11.8. The van der Waals surface area contributed by atoms with Gasteiger partial charge in [0.05, 0.1) is 6.07 Å². The Kier molecular flexibility index (Phi) is 8.57. The second kappa shape index (κ2) is 11.4. The maximum atomic E-state index is 11.9. The third-order valence-corrected chi connectivity index (χ3v) is 6.84. The Hall–Kier alpha value is -2.06. The van der Waals surface area contributed by atoms with Crippen molar-refractivity contribution in [1.29, 1.82) is 5.26 Å². The smallest absolute Gasteiger partial charge is 0.220 e. The molecular weight excluding hydrogens is 372 g/mol. The second-order valence-electron chi connectivity index (χ2n) is 9.20. The molecule has 0 spiro atoms. The minimum atomic E-state index is 0.121. The highest BCUT2D eigenvalue weighted by atomic mass is 16.1. The third-order valence-electron chi connectivity index (χ3n) is 6.84. The quantitative estimate of drug-likeness (QED) is 0.653. The number of nitriles is 1. The fraction of sp³-hybridized carbons (Fsp3) is 0.680. The van der Waals surface area contributed by atoms with Gasteiger partial charge >= 0.3 is 0 Å². The number of nitrogens with zero attached hydrogens (tertiary/aromatic N) is 3. The first-order chi connectivity index (χ1) is 14.5. The molecule has 1 saturated heterocycles. The molecule has 1 aromatic rings. The predicted octanol–water partition coefficient (Wildman–Crippen LogP) is 4.18. The first kappa shape index (κ1) is 22.6. The third kappa shape index (κ3) is 6.74. The summed E-state index contributed by atoms with van der Waals surface area (Å²) in [7, 11) is 0. The maximum absolute atomic E-state index is 11.9. The summed E-state index contributed by atoms with van der Waals surface area (Å²) in [6.45, 7) is 10.1. The molecule has 5 heteroatoms. The molecule has 0 atom stereocenters. The van der Waals surface area contributed by atoms with E-state index in [-0.39, 0.29) is 5.91 Å². The van der Waals surface area contributed by atoms with Gasteiger partial charge in [0, 0.05) is 50.7 Å². The normalized spacial score (nSPS) is 22.5. The minimum absolute atomic E-state index is 0.121. The lowest BCUT2D eigenvalue weighted by Crippen LogP contribution is -2.47. The Morgan fingerprint density at radius 2 is 1.87 bits per heavy atom. The second-order valence-corrected chi connectivity index (χ2v) is 9.20. The summed E-state index contributed by atoms with van der Waals surface area (Å²) < 4.78 is 0. The largest absolute Gasteiger partial charge is 0.369 e. The van der Waals surface area contributed by atoms with Crippen molar-refractivity contribution in [2.24, 2.45) is 5.92 Å². The van der Waals surface area contributed by atoms with E-state index in [1.807, 2.05) is 0 Å². The van der Waals surface area contributed by atoms with E-state index in [9.17, 15) is 4.79 Å². The fourth-order valence-corrected chi connectivity index (χ4v) is 4.86. The van der Waals surface area contributed by atoms with Crippen LogP contribution in [0.15, 0.2) is 18.2 Å². The van der Waals surface area contributed by atoms with Gasteiger partial charge in [0.15, 0.2) is 0 Å². The molecular formula is C25H38N4O. The van der Waals surface area contributed by atoms with Gasteiger partial charge in [0.1, 0.15) is 0 Å².